The topological polar surface area (TPSA) is 49.4 Å². The van der Waals surface area contributed by atoms with Crippen LogP contribution in [-0.2, 0) is 15.0 Å². The van der Waals surface area contributed by atoms with Crippen LogP contribution in [-0.4, -0.2) is 29.8 Å². The molecule has 2 amide bonds. The summed E-state index contributed by atoms with van der Waals surface area (Å²) >= 11 is 0. The van der Waals surface area contributed by atoms with Gasteiger partial charge in [0.1, 0.15) is 17.5 Å². The zero-order valence-electron chi connectivity index (χ0n) is 20.4. The maximum atomic E-state index is 14.2. The maximum absolute atomic E-state index is 14.2. The zero-order valence-corrected chi connectivity index (χ0v) is 20.4. The quantitative estimate of drug-likeness (QED) is 0.443. The Labute approximate surface area is 209 Å². The van der Waals surface area contributed by atoms with Gasteiger partial charge in [0.2, 0.25) is 11.8 Å². The van der Waals surface area contributed by atoms with Gasteiger partial charge in [-0.2, -0.15) is 0 Å². The van der Waals surface area contributed by atoms with E-state index in [-0.39, 0.29) is 30.1 Å². The first-order valence-corrected chi connectivity index (χ1v) is 12.0. The molecule has 2 atom stereocenters. The van der Waals surface area contributed by atoms with E-state index in [4.69, 9.17) is 0 Å². The van der Waals surface area contributed by atoms with Crippen LogP contribution in [0.5, 0.6) is 0 Å². The first-order chi connectivity index (χ1) is 17.2. The third-order valence-corrected chi connectivity index (χ3v) is 7.18. The second-order valence-corrected chi connectivity index (χ2v) is 9.46. The average molecular weight is 495 g/mol. The van der Waals surface area contributed by atoms with E-state index < -0.39 is 17.0 Å². The molecule has 4 rings (SSSR count). The molecule has 1 aliphatic rings. The summed E-state index contributed by atoms with van der Waals surface area (Å²) in [6, 6.07) is 16.8. The third-order valence-electron chi connectivity index (χ3n) is 7.18. The number of hydrogen-bond acceptors (Lipinski definition) is 2. The van der Waals surface area contributed by atoms with Gasteiger partial charge in [-0.05, 0) is 60.7 Å². The number of amides is 2. The van der Waals surface area contributed by atoms with Crippen molar-refractivity contribution in [1.82, 2.24) is 10.2 Å². The Morgan fingerprint density at radius 1 is 1.00 bits per heavy atom. The van der Waals surface area contributed by atoms with Gasteiger partial charge in [0.05, 0.1) is 6.04 Å². The molecule has 1 N–H and O–H groups in total. The van der Waals surface area contributed by atoms with Gasteiger partial charge < -0.3 is 10.2 Å². The number of likely N-dealkylation sites (tertiary alicyclic amines) is 1. The second kappa shape index (κ2) is 10.6. The van der Waals surface area contributed by atoms with Crippen LogP contribution < -0.4 is 5.32 Å². The first-order valence-electron chi connectivity index (χ1n) is 12.0. The molecule has 0 unspecified atom stereocenters. The molecule has 0 radical (unpaired) electrons. The lowest BCUT2D eigenvalue weighted by atomic mass is 9.70. The van der Waals surface area contributed by atoms with E-state index in [1.54, 1.807) is 24.3 Å². The number of hydrogen-bond donors (Lipinski definition) is 1. The van der Waals surface area contributed by atoms with Crippen molar-refractivity contribution in [2.24, 2.45) is 0 Å². The summed E-state index contributed by atoms with van der Waals surface area (Å²) in [4.78, 5) is 26.6. The number of carbonyl (C=O) groups excluding carboxylic acids is 2. The molecule has 188 valence electrons. The number of halogens is 3. The molecule has 0 aliphatic carbocycles. The molecular formula is C29H29F3N2O2. The summed E-state index contributed by atoms with van der Waals surface area (Å²) in [7, 11) is 0. The van der Waals surface area contributed by atoms with Crippen molar-refractivity contribution in [3.8, 4) is 11.1 Å². The van der Waals surface area contributed by atoms with Crippen LogP contribution in [0.2, 0.25) is 0 Å². The van der Waals surface area contributed by atoms with Gasteiger partial charge in [-0.25, -0.2) is 13.2 Å². The van der Waals surface area contributed by atoms with Crippen molar-refractivity contribution < 1.29 is 22.8 Å². The highest BCUT2D eigenvalue weighted by atomic mass is 19.1. The molecule has 0 spiro atoms. The molecule has 3 aromatic rings. The molecule has 1 fully saturated rings. The predicted octanol–water partition coefficient (Wildman–Crippen LogP) is 5.92. The van der Waals surface area contributed by atoms with Gasteiger partial charge in [-0.1, -0.05) is 36.4 Å². The zero-order chi connectivity index (χ0) is 25.9. The number of rotatable bonds is 7. The highest BCUT2D eigenvalue weighted by Crippen LogP contribution is 2.41. The minimum atomic E-state index is -0.626. The minimum Gasteiger partial charge on any atom is -0.356 e. The Bertz CT molecular complexity index is 1240. The molecule has 1 heterocycles. The molecule has 1 aliphatic heterocycles. The lowest BCUT2D eigenvalue weighted by Gasteiger charge is -2.44. The molecule has 0 aromatic heterocycles. The minimum absolute atomic E-state index is 0.0189. The van der Waals surface area contributed by atoms with E-state index in [9.17, 15) is 22.8 Å². The van der Waals surface area contributed by atoms with Crippen molar-refractivity contribution in [1.29, 1.82) is 0 Å². The fourth-order valence-corrected chi connectivity index (χ4v) is 5.08. The molecule has 0 bridgehead atoms. The highest BCUT2D eigenvalue weighted by molar-refractivity contribution is 5.79. The van der Waals surface area contributed by atoms with Crippen LogP contribution in [0.4, 0.5) is 13.2 Å². The maximum Gasteiger partial charge on any atom is 0.223 e. The van der Waals surface area contributed by atoms with E-state index in [1.165, 1.54) is 31.2 Å². The van der Waals surface area contributed by atoms with Gasteiger partial charge in [0, 0.05) is 43.5 Å². The van der Waals surface area contributed by atoms with Gasteiger partial charge in [-0.3, -0.25) is 9.59 Å². The summed E-state index contributed by atoms with van der Waals surface area (Å²) in [6.07, 6.45) is 1.50. The molecule has 36 heavy (non-hydrogen) atoms. The van der Waals surface area contributed by atoms with Gasteiger partial charge in [0.25, 0.3) is 0 Å². The Morgan fingerprint density at radius 2 is 1.67 bits per heavy atom. The summed E-state index contributed by atoms with van der Waals surface area (Å²) < 4.78 is 41.0. The predicted molar refractivity (Wildman–Crippen MR) is 133 cm³/mol. The van der Waals surface area contributed by atoms with Crippen molar-refractivity contribution in [2.45, 2.75) is 44.6 Å². The van der Waals surface area contributed by atoms with Crippen LogP contribution >= 0.6 is 0 Å². The number of nitrogens with zero attached hydrogens (tertiary/aromatic N) is 1. The monoisotopic (exact) mass is 494 g/mol. The molecule has 7 heteroatoms. The normalized spacial score (nSPS) is 18.7. The Hall–Kier alpha value is -3.61. The molecule has 4 nitrogen and oxygen atoms in total. The summed E-state index contributed by atoms with van der Waals surface area (Å²) in [5, 5.41) is 2.81. The van der Waals surface area contributed by atoms with E-state index in [2.05, 4.69) is 5.32 Å². The van der Waals surface area contributed by atoms with Gasteiger partial charge in [0.15, 0.2) is 0 Å². The average Bonchev–Trinajstić information content (AvgIpc) is 2.84. The molecular weight excluding hydrogens is 465 g/mol. The van der Waals surface area contributed by atoms with Crippen LogP contribution in [0.15, 0.2) is 66.7 Å². The smallest absolute Gasteiger partial charge is 0.223 e. The largest absolute Gasteiger partial charge is 0.356 e. The summed E-state index contributed by atoms with van der Waals surface area (Å²) in [6.45, 7) is 4.34. The van der Waals surface area contributed by atoms with E-state index in [1.807, 2.05) is 24.0 Å². The van der Waals surface area contributed by atoms with Crippen LogP contribution in [0, 0.1) is 17.5 Å². The van der Waals surface area contributed by atoms with Crippen molar-refractivity contribution in [3.05, 3.63) is 95.3 Å². The fourth-order valence-electron chi connectivity index (χ4n) is 5.08. The van der Waals surface area contributed by atoms with Crippen molar-refractivity contribution >= 4 is 11.8 Å². The second-order valence-electron chi connectivity index (χ2n) is 9.46. The summed E-state index contributed by atoms with van der Waals surface area (Å²) in [5.41, 5.74) is 2.24. The van der Waals surface area contributed by atoms with Crippen molar-refractivity contribution in [2.75, 3.05) is 13.1 Å². The van der Waals surface area contributed by atoms with E-state index >= 15 is 0 Å². The van der Waals surface area contributed by atoms with Gasteiger partial charge >= 0.3 is 0 Å². The van der Waals surface area contributed by atoms with Crippen molar-refractivity contribution in [3.63, 3.8) is 0 Å². The molecule has 3 aromatic carbocycles. The lowest BCUT2D eigenvalue weighted by Crippen LogP contribution is -2.48. The SMILES string of the molecule is CC(=O)NCC[C@@]1(c2ccc(F)cc2)CCN([C@@H](C)c2ccc(-c3ccc(F)cc3F)cc2)C(=O)C1. The lowest BCUT2D eigenvalue weighted by molar-refractivity contribution is -0.138. The van der Waals surface area contributed by atoms with Crippen LogP contribution in [0.25, 0.3) is 11.1 Å². The molecule has 0 saturated carbocycles. The van der Waals surface area contributed by atoms with E-state index in [0.29, 0.717) is 37.1 Å². The van der Waals surface area contributed by atoms with Gasteiger partial charge in [-0.15, -0.1) is 0 Å². The third kappa shape index (κ3) is 5.45. The molecule has 1 saturated heterocycles. The van der Waals surface area contributed by atoms with Crippen LogP contribution in [0.1, 0.15) is 50.3 Å². The summed E-state index contributed by atoms with van der Waals surface area (Å²) in [5.74, 6) is -1.74. The fraction of sp³-hybridized carbons (Fsp3) is 0.310. The number of piperidine rings is 1. The first kappa shape index (κ1) is 25.5. The highest BCUT2D eigenvalue weighted by Gasteiger charge is 2.41. The number of benzene rings is 3. The standard InChI is InChI=1S/C29H29F3N2O2/c1-19(21-3-5-22(6-4-21)26-12-11-25(31)17-27(26)32)34-16-14-29(18-28(34)36,13-15-33-20(2)35)23-7-9-24(30)10-8-23/h3-12,17,19H,13-16,18H2,1-2H3,(H,33,35)/t19-,29+/m0/s1. The Morgan fingerprint density at radius 3 is 2.28 bits per heavy atom. The Kier molecular flexibility index (Phi) is 7.48. The Balaban J connectivity index is 1.51. The number of nitrogens with one attached hydrogen (secondary N) is 1. The van der Waals surface area contributed by atoms with E-state index in [0.717, 1.165) is 17.2 Å². The number of carbonyl (C=O) groups is 2. The van der Waals surface area contributed by atoms with Crippen LogP contribution in [0.3, 0.4) is 0 Å².